The third kappa shape index (κ3) is 4.87. The predicted octanol–water partition coefficient (Wildman–Crippen LogP) is 3.51. The van der Waals surface area contributed by atoms with Crippen LogP contribution in [0.3, 0.4) is 0 Å². The lowest BCUT2D eigenvalue weighted by Crippen LogP contribution is -2.26. The Morgan fingerprint density at radius 1 is 1.19 bits per heavy atom. The first-order chi connectivity index (χ1) is 10.2. The van der Waals surface area contributed by atoms with E-state index in [2.05, 4.69) is 42.3 Å². The van der Waals surface area contributed by atoms with E-state index in [9.17, 15) is 0 Å². The molecule has 1 unspecified atom stereocenters. The fourth-order valence-electron chi connectivity index (χ4n) is 2.25. The number of hydrogen-bond acceptors (Lipinski definition) is 3. The zero-order valence-electron chi connectivity index (χ0n) is 13.1. The van der Waals surface area contributed by atoms with Crippen LogP contribution in [0.5, 0.6) is 5.75 Å². The molecule has 1 N–H and O–H groups in total. The minimum absolute atomic E-state index is 0.466. The summed E-state index contributed by atoms with van der Waals surface area (Å²) in [7, 11) is 1.70. The Labute approximate surface area is 127 Å². The van der Waals surface area contributed by atoms with E-state index in [1.807, 2.05) is 24.4 Å². The summed E-state index contributed by atoms with van der Waals surface area (Å²) < 4.78 is 5.17. The highest BCUT2D eigenvalue weighted by Crippen LogP contribution is 2.13. The lowest BCUT2D eigenvalue weighted by molar-refractivity contribution is 0.414. The molecule has 0 radical (unpaired) electrons. The van der Waals surface area contributed by atoms with Crippen LogP contribution in [0.4, 0.5) is 0 Å². The second-order valence-electron chi connectivity index (χ2n) is 5.44. The van der Waals surface area contributed by atoms with Crippen LogP contribution in [-0.4, -0.2) is 18.1 Å². The number of hydrogen-bond donors (Lipinski definition) is 1. The number of ether oxygens (including phenoxy) is 1. The third-order valence-electron chi connectivity index (χ3n) is 3.76. The van der Waals surface area contributed by atoms with Crippen LogP contribution in [0, 0.1) is 6.92 Å². The summed E-state index contributed by atoms with van der Waals surface area (Å²) in [5.41, 5.74) is 3.72. The van der Waals surface area contributed by atoms with Crippen molar-refractivity contribution in [3.63, 3.8) is 0 Å². The standard InChI is InChI=1S/C18H24N2O/c1-14-5-4-12-19-18(14)13-20-15(2)6-7-16-8-10-17(21-3)11-9-16/h4-5,8-12,15,20H,6-7,13H2,1-3H3. The average molecular weight is 284 g/mol. The molecule has 112 valence electrons. The lowest BCUT2D eigenvalue weighted by Gasteiger charge is -2.14. The molecule has 1 aromatic carbocycles. The van der Waals surface area contributed by atoms with E-state index in [1.165, 1.54) is 11.1 Å². The van der Waals surface area contributed by atoms with Crippen molar-refractivity contribution in [2.75, 3.05) is 7.11 Å². The summed E-state index contributed by atoms with van der Waals surface area (Å²) in [4.78, 5) is 4.41. The van der Waals surface area contributed by atoms with E-state index in [4.69, 9.17) is 4.74 Å². The summed E-state index contributed by atoms with van der Waals surface area (Å²) in [5.74, 6) is 0.913. The van der Waals surface area contributed by atoms with Crippen molar-refractivity contribution >= 4 is 0 Å². The van der Waals surface area contributed by atoms with Gasteiger partial charge >= 0.3 is 0 Å². The molecule has 0 fully saturated rings. The maximum absolute atomic E-state index is 5.17. The third-order valence-corrected chi connectivity index (χ3v) is 3.76. The highest BCUT2D eigenvalue weighted by atomic mass is 16.5. The van der Waals surface area contributed by atoms with E-state index in [0.717, 1.165) is 30.8 Å². The number of aryl methyl sites for hydroxylation is 2. The van der Waals surface area contributed by atoms with Gasteiger partial charge in [0.1, 0.15) is 5.75 Å². The fourth-order valence-corrected chi connectivity index (χ4v) is 2.25. The van der Waals surface area contributed by atoms with Gasteiger partial charge in [0, 0.05) is 18.8 Å². The molecule has 0 saturated carbocycles. The molecular weight excluding hydrogens is 260 g/mol. The number of pyridine rings is 1. The largest absolute Gasteiger partial charge is 0.497 e. The molecule has 3 nitrogen and oxygen atoms in total. The fraction of sp³-hybridized carbons (Fsp3) is 0.389. The number of benzene rings is 1. The Kier molecular flexibility index (Phi) is 5.76. The van der Waals surface area contributed by atoms with Gasteiger partial charge in [-0.3, -0.25) is 4.98 Å². The molecule has 0 aliphatic rings. The molecule has 21 heavy (non-hydrogen) atoms. The van der Waals surface area contributed by atoms with Crippen molar-refractivity contribution in [1.82, 2.24) is 10.3 Å². The van der Waals surface area contributed by atoms with Crippen LogP contribution in [0.1, 0.15) is 30.2 Å². The molecule has 0 spiro atoms. The van der Waals surface area contributed by atoms with E-state index in [-0.39, 0.29) is 0 Å². The van der Waals surface area contributed by atoms with Crippen LogP contribution >= 0.6 is 0 Å². The van der Waals surface area contributed by atoms with Crippen molar-refractivity contribution in [1.29, 1.82) is 0 Å². The minimum Gasteiger partial charge on any atom is -0.497 e. The molecule has 2 rings (SSSR count). The van der Waals surface area contributed by atoms with Crippen molar-refractivity contribution in [3.05, 3.63) is 59.4 Å². The van der Waals surface area contributed by atoms with Gasteiger partial charge in [-0.25, -0.2) is 0 Å². The molecular formula is C18H24N2O. The van der Waals surface area contributed by atoms with Gasteiger partial charge in [-0.05, 0) is 56.0 Å². The number of aromatic nitrogens is 1. The summed E-state index contributed by atoms with van der Waals surface area (Å²) in [6, 6.07) is 12.9. The van der Waals surface area contributed by atoms with E-state index in [1.54, 1.807) is 7.11 Å². The molecule has 1 heterocycles. The zero-order valence-corrected chi connectivity index (χ0v) is 13.1. The average Bonchev–Trinajstić information content (AvgIpc) is 2.52. The molecule has 0 amide bonds. The van der Waals surface area contributed by atoms with Gasteiger partial charge in [0.25, 0.3) is 0 Å². The van der Waals surface area contributed by atoms with Gasteiger partial charge in [-0.1, -0.05) is 18.2 Å². The van der Waals surface area contributed by atoms with Crippen LogP contribution in [0.25, 0.3) is 0 Å². The lowest BCUT2D eigenvalue weighted by atomic mass is 10.1. The van der Waals surface area contributed by atoms with Crippen molar-refractivity contribution < 1.29 is 4.74 Å². The highest BCUT2D eigenvalue weighted by Gasteiger charge is 2.04. The molecule has 0 aliphatic carbocycles. The maximum Gasteiger partial charge on any atom is 0.118 e. The normalized spacial score (nSPS) is 12.1. The van der Waals surface area contributed by atoms with Crippen LogP contribution < -0.4 is 10.1 Å². The quantitative estimate of drug-likeness (QED) is 0.845. The first kappa shape index (κ1) is 15.5. The second kappa shape index (κ2) is 7.79. The Balaban J connectivity index is 1.76. The molecule has 0 aliphatic heterocycles. The Hall–Kier alpha value is -1.87. The van der Waals surface area contributed by atoms with Crippen LogP contribution in [0.2, 0.25) is 0 Å². The van der Waals surface area contributed by atoms with E-state index >= 15 is 0 Å². The number of nitrogens with zero attached hydrogens (tertiary/aromatic N) is 1. The van der Waals surface area contributed by atoms with Crippen molar-refractivity contribution in [2.24, 2.45) is 0 Å². The Bertz CT molecular complexity index is 551. The smallest absolute Gasteiger partial charge is 0.118 e. The Morgan fingerprint density at radius 3 is 2.62 bits per heavy atom. The van der Waals surface area contributed by atoms with Crippen molar-refractivity contribution in [2.45, 2.75) is 39.3 Å². The van der Waals surface area contributed by atoms with Gasteiger partial charge in [-0.2, -0.15) is 0 Å². The van der Waals surface area contributed by atoms with E-state index in [0.29, 0.717) is 6.04 Å². The minimum atomic E-state index is 0.466. The summed E-state index contributed by atoms with van der Waals surface area (Å²) in [6.07, 6.45) is 4.03. The molecule has 2 aromatic rings. The van der Waals surface area contributed by atoms with E-state index < -0.39 is 0 Å². The van der Waals surface area contributed by atoms with Gasteiger partial charge in [0.15, 0.2) is 0 Å². The van der Waals surface area contributed by atoms with Crippen molar-refractivity contribution in [3.8, 4) is 5.75 Å². The molecule has 1 aromatic heterocycles. The number of rotatable bonds is 7. The molecule has 0 bridgehead atoms. The van der Waals surface area contributed by atoms with Crippen LogP contribution in [-0.2, 0) is 13.0 Å². The predicted molar refractivity (Wildman–Crippen MR) is 86.6 cm³/mol. The SMILES string of the molecule is COc1ccc(CCC(C)NCc2ncccc2C)cc1. The first-order valence-electron chi connectivity index (χ1n) is 7.46. The number of methoxy groups -OCH3 is 1. The van der Waals surface area contributed by atoms with Gasteiger partial charge in [-0.15, -0.1) is 0 Å². The maximum atomic E-state index is 5.17. The Morgan fingerprint density at radius 2 is 1.95 bits per heavy atom. The number of nitrogens with one attached hydrogen (secondary N) is 1. The zero-order chi connectivity index (χ0) is 15.1. The van der Waals surface area contributed by atoms with Gasteiger partial charge in [0.2, 0.25) is 0 Å². The summed E-state index contributed by atoms with van der Waals surface area (Å²) in [5, 5.41) is 3.55. The molecule has 3 heteroatoms. The first-order valence-corrected chi connectivity index (χ1v) is 7.46. The summed E-state index contributed by atoms with van der Waals surface area (Å²) >= 11 is 0. The summed E-state index contributed by atoms with van der Waals surface area (Å²) in [6.45, 7) is 5.16. The van der Waals surface area contributed by atoms with Gasteiger partial charge in [0.05, 0.1) is 12.8 Å². The van der Waals surface area contributed by atoms with Crippen LogP contribution in [0.15, 0.2) is 42.6 Å². The second-order valence-corrected chi connectivity index (χ2v) is 5.44. The highest BCUT2D eigenvalue weighted by molar-refractivity contribution is 5.27. The van der Waals surface area contributed by atoms with Gasteiger partial charge < -0.3 is 10.1 Å². The topological polar surface area (TPSA) is 34.1 Å². The molecule has 0 saturated heterocycles. The monoisotopic (exact) mass is 284 g/mol. The molecule has 1 atom stereocenters.